The minimum atomic E-state index is -0.390. The van der Waals surface area contributed by atoms with Crippen LogP contribution in [0.4, 0.5) is 5.69 Å². The molecule has 1 aliphatic carbocycles. The number of aromatic hydroxyl groups is 1. The van der Waals surface area contributed by atoms with E-state index in [4.69, 9.17) is 10.5 Å². The molecule has 0 aliphatic heterocycles. The van der Waals surface area contributed by atoms with E-state index in [9.17, 15) is 9.90 Å². The standard InChI is InChI=1S/C14H20N2O3/c1-19-10-4-5-12(17)11(8-10)16-13(18)9-14(15)6-2-3-7-14/h4-5,8,17H,2-3,6-7,9,15H2,1H3,(H,16,18). The molecule has 0 saturated heterocycles. The first kappa shape index (κ1) is 13.7. The maximum atomic E-state index is 12.0. The van der Waals surface area contributed by atoms with Gasteiger partial charge in [0, 0.05) is 18.0 Å². The number of nitrogens with two attached hydrogens (primary N) is 1. The van der Waals surface area contributed by atoms with Gasteiger partial charge < -0.3 is 20.9 Å². The van der Waals surface area contributed by atoms with Crippen LogP contribution in [0.5, 0.6) is 11.5 Å². The van der Waals surface area contributed by atoms with Crippen molar-refractivity contribution in [3.63, 3.8) is 0 Å². The number of phenols is 1. The predicted molar refractivity (Wildman–Crippen MR) is 73.3 cm³/mol. The molecule has 0 atom stereocenters. The zero-order valence-electron chi connectivity index (χ0n) is 11.1. The highest BCUT2D eigenvalue weighted by atomic mass is 16.5. The van der Waals surface area contributed by atoms with Gasteiger partial charge in [0.25, 0.3) is 0 Å². The highest BCUT2D eigenvalue weighted by Crippen LogP contribution is 2.32. The van der Waals surface area contributed by atoms with Crippen molar-refractivity contribution in [2.24, 2.45) is 5.73 Å². The molecular weight excluding hydrogens is 244 g/mol. The van der Waals surface area contributed by atoms with Gasteiger partial charge in [0.15, 0.2) is 0 Å². The zero-order chi connectivity index (χ0) is 13.9. The average Bonchev–Trinajstić information content (AvgIpc) is 2.78. The molecule has 1 fully saturated rings. The minimum Gasteiger partial charge on any atom is -0.506 e. The lowest BCUT2D eigenvalue weighted by atomic mass is 9.94. The number of methoxy groups -OCH3 is 1. The molecule has 5 heteroatoms. The largest absolute Gasteiger partial charge is 0.506 e. The Hall–Kier alpha value is -1.75. The number of carbonyl (C=O) groups excluding carboxylic acids is 1. The summed E-state index contributed by atoms with van der Waals surface area (Å²) in [6.45, 7) is 0. The second-order valence-electron chi connectivity index (χ2n) is 5.18. The smallest absolute Gasteiger partial charge is 0.226 e. The Labute approximate surface area is 112 Å². The van der Waals surface area contributed by atoms with E-state index in [1.165, 1.54) is 13.2 Å². The van der Waals surface area contributed by atoms with Gasteiger partial charge in [-0.1, -0.05) is 12.8 Å². The van der Waals surface area contributed by atoms with Gasteiger partial charge in [-0.25, -0.2) is 0 Å². The van der Waals surface area contributed by atoms with E-state index in [0.29, 0.717) is 11.4 Å². The van der Waals surface area contributed by atoms with Crippen molar-refractivity contribution in [3.05, 3.63) is 18.2 Å². The highest BCUT2D eigenvalue weighted by molar-refractivity contribution is 5.93. The molecule has 0 aromatic heterocycles. The lowest BCUT2D eigenvalue weighted by Crippen LogP contribution is -2.40. The fraction of sp³-hybridized carbons (Fsp3) is 0.500. The number of nitrogens with one attached hydrogen (secondary N) is 1. The molecule has 0 heterocycles. The van der Waals surface area contributed by atoms with Crippen molar-refractivity contribution < 1.29 is 14.6 Å². The number of amides is 1. The second-order valence-corrected chi connectivity index (χ2v) is 5.18. The van der Waals surface area contributed by atoms with E-state index in [0.717, 1.165) is 25.7 Å². The Morgan fingerprint density at radius 1 is 1.47 bits per heavy atom. The molecule has 1 saturated carbocycles. The summed E-state index contributed by atoms with van der Waals surface area (Å²) in [5.74, 6) is 0.427. The number of anilines is 1. The van der Waals surface area contributed by atoms with Crippen LogP contribution in [0.2, 0.25) is 0 Å². The predicted octanol–water partition coefficient (Wildman–Crippen LogP) is 2.00. The summed E-state index contributed by atoms with van der Waals surface area (Å²) < 4.78 is 5.06. The summed E-state index contributed by atoms with van der Waals surface area (Å²) >= 11 is 0. The van der Waals surface area contributed by atoms with Gasteiger partial charge in [-0.2, -0.15) is 0 Å². The van der Waals surface area contributed by atoms with E-state index >= 15 is 0 Å². The first-order valence-electron chi connectivity index (χ1n) is 6.48. The van der Waals surface area contributed by atoms with Crippen molar-refractivity contribution in [1.29, 1.82) is 0 Å². The van der Waals surface area contributed by atoms with Crippen molar-refractivity contribution in [1.82, 2.24) is 0 Å². The topological polar surface area (TPSA) is 84.6 Å². The second kappa shape index (κ2) is 5.48. The Balaban J connectivity index is 2.02. The number of phenolic OH excluding ortho intramolecular Hbond substituents is 1. The lowest BCUT2D eigenvalue weighted by molar-refractivity contribution is -0.117. The Bertz CT molecular complexity index is 468. The maximum Gasteiger partial charge on any atom is 0.226 e. The van der Waals surface area contributed by atoms with E-state index in [1.807, 2.05) is 0 Å². The minimum absolute atomic E-state index is 0.0200. The number of hydrogen-bond donors (Lipinski definition) is 3. The Kier molecular flexibility index (Phi) is 3.95. The van der Waals surface area contributed by atoms with Crippen LogP contribution in [0.25, 0.3) is 0 Å². The molecular formula is C14H20N2O3. The summed E-state index contributed by atoms with van der Waals surface area (Å²) in [6, 6.07) is 4.71. The van der Waals surface area contributed by atoms with Gasteiger partial charge in [-0.3, -0.25) is 4.79 Å². The van der Waals surface area contributed by atoms with Crippen molar-refractivity contribution in [3.8, 4) is 11.5 Å². The molecule has 1 aromatic rings. The van der Waals surface area contributed by atoms with Gasteiger partial charge in [0.1, 0.15) is 11.5 Å². The fourth-order valence-corrected chi connectivity index (χ4v) is 2.51. The molecule has 5 nitrogen and oxygen atoms in total. The SMILES string of the molecule is COc1ccc(O)c(NC(=O)CC2(N)CCCC2)c1. The fourth-order valence-electron chi connectivity index (χ4n) is 2.51. The summed E-state index contributed by atoms with van der Waals surface area (Å²) in [7, 11) is 1.53. The van der Waals surface area contributed by atoms with Crippen LogP contribution in [0.15, 0.2) is 18.2 Å². The molecule has 0 spiro atoms. The third-order valence-electron chi connectivity index (χ3n) is 3.59. The van der Waals surface area contributed by atoms with Gasteiger partial charge >= 0.3 is 0 Å². The first-order valence-corrected chi connectivity index (χ1v) is 6.48. The summed E-state index contributed by atoms with van der Waals surface area (Å²) in [5.41, 5.74) is 6.12. The molecule has 19 heavy (non-hydrogen) atoms. The van der Waals surface area contributed by atoms with Gasteiger partial charge in [0.05, 0.1) is 12.8 Å². The van der Waals surface area contributed by atoms with E-state index < -0.39 is 5.54 Å². The maximum absolute atomic E-state index is 12.0. The normalized spacial score (nSPS) is 17.2. The van der Waals surface area contributed by atoms with Crippen LogP contribution >= 0.6 is 0 Å². The molecule has 1 aliphatic rings. The van der Waals surface area contributed by atoms with Crippen LogP contribution in [0.1, 0.15) is 32.1 Å². The van der Waals surface area contributed by atoms with Crippen LogP contribution in [-0.4, -0.2) is 23.7 Å². The number of benzene rings is 1. The van der Waals surface area contributed by atoms with E-state index in [-0.39, 0.29) is 18.1 Å². The van der Waals surface area contributed by atoms with Crippen LogP contribution in [-0.2, 0) is 4.79 Å². The van der Waals surface area contributed by atoms with Gasteiger partial charge in [-0.05, 0) is 25.0 Å². The molecule has 0 bridgehead atoms. The van der Waals surface area contributed by atoms with Crippen molar-refractivity contribution in [2.75, 3.05) is 12.4 Å². The van der Waals surface area contributed by atoms with E-state index in [1.54, 1.807) is 12.1 Å². The molecule has 0 radical (unpaired) electrons. The van der Waals surface area contributed by atoms with Crippen LogP contribution in [0.3, 0.4) is 0 Å². The van der Waals surface area contributed by atoms with Crippen LogP contribution in [0, 0.1) is 0 Å². The average molecular weight is 264 g/mol. The number of carbonyl (C=O) groups is 1. The van der Waals surface area contributed by atoms with Crippen LogP contribution < -0.4 is 15.8 Å². The quantitative estimate of drug-likeness (QED) is 0.726. The number of ether oxygens (including phenoxy) is 1. The Morgan fingerprint density at radius 3 is 2.79 bits per heavy atom. The monoisotopic (exact) mass is 264 g/mol. The summed E-state index contributed by atoms with van der Waals surface area (Å²) in [4.78, 5) is 12.0. The molecule has 4 N–H and O–H groups in total. The molecule has 1 aromatic carbocycles. The van der Waals surface area contributed by atoms with Gasteiger partial charge in [0.2, 0.25) is 5.91 Å². The summed E-state index contributed by atoms with van der Waals surface area (Å²) in [5, 5.41) is 12.4. The third-order valence-corrected chi connectivity index (χ3v) is 3.59. The summed E-state index contributed by atoms with van der Waals surface area (Å²) in [6.07, 6.45) is 4.20. The molecule has 0 unspecified atom stereocenters. The third kappa shape index (κ3) is 3.38. The van der Waals surface area contributed by atoms with Crippen molar-refractivity contribution >= 4 is 11.6 Å². The molecule has 2 rings (SSSR count). The molecule has 104 valence electrons. The van der Waals surface area contributed by atoms with Gasteiger partial charge in [-0.15, -0.1) is 0 Å². The molecule has 1 amide bonds. The Morgan fingerprint density at radius 2 is 2.16 bits per heavy atom. The highest BCUT2D eigenvalue weighted by Gasteiger charge is 2.31. The number of rotatable bonds is 4. The first-order chi connectivity index (χ1) is 9.02. The van der Waals surface area contributed by atoms with E-state index in [2.05, 4.69) is 5.32 Å². The van der Waals surface area contributed by atoms with Crippen molar-refractivity contribution in [2.45, 2.75) is 37.6 Å². The zero-order valence-corrected chi connectivity index (χ0v) is 11.1. The lowest BCUT2D eigenvalue weighted by Gasteiger charge is -2.22. The number of hydrogen-bond acceptors (Lipinski definition) is 4.